The Balaban J connectivity index is 1.26. The van der Waals surface area contributed by atoms with E-state index in [1.54, 1.807) is 0 Å². The highest BCUT2D eigenvalue weighted by Crippen LogP contribution is 2.18. The number of rotatable bonds is 6. The van der Waals surface area contributed by atoms with Crippen molar-refractivity contribution < 1.29 is 4.79 Å². The first-order valence-corrected chi connectivity index (χ1v) is 11.3. The van der Waals surface area contributed by atoms with Crippen LogP contribution in [0.25, 0.3) is 0 Å². The lowest BCUT2D eigenvalue weighted by Gasteiger charge is -2.34. The molecule has 0 aliphatic carbocycles. The van der Waals surface area contributed by atoms with Gasteiger partial charge in [-0.05, 0) is 62.7 Å². The van der Waals surface area contributed by atoms with Gasteiger partial charge >= 0.3 is 0 Å². The van der Waals surface area contributed by atoms with Crippen molar-refractivity contribution in [2.75, 3.05) is 57.8 Å². The Morgan fingerprint density at radius 2 is 1.70 bits per heavy atom. The maximum atomic E-state index is 12.8. The van der Waals surface area contributed by atoms with Gasteiger partial charge in [0.25, 0.3) is 5.91 Å². The molecule has 2 aliphatic heterocycles. The fraction of sp³-hybridized carbons (Fsp3) is 0.480. The maximum absolute atomic E-state index is 12.8. The Kier molecular flexibility index (Phi) is 7.03. The molecule has 1 amide bonds. The summed E-state index contributed by atoms with van der Waals surface area (Å²) in [5, 5.41) is 3.27. The summed E-state index contributed by atoms with van der Waals surface area (Å²) >= 11 is 0. The van der Waals surface area contributed by atoms with Gasteiger partial charge in [-0.2, -0.15) is 0 Å². The lowest BCUT2D eigenvalue weighted by molar-refractivity contribution is 0.0904. The van der Waals surface area contributed by atoms with Gasteiger partial charge in [-0.1, -0.05) is 30.3 Å². The SMILES string of the molecule is CN1CCN(c2ccc(C(=O)N[C@@H]3CCCN(CCc4ccccc4)C3)cc2)CC1. The number of likely N-dealkylation sites (tertiary alicyclic amines) is 1. The van der Waals surface area contributed by atoms with E-state index in [1.165, 1.54) is 11.3 Å². The number of benzene rings is 2. The highest BCUT2D eigenvalue weighted by Gasteiger charge is 2.22. The molecule has 2 saturated heterocycles. The van der Waals surface area contributed by atoms with Crippen LogP contribution in [0.1, 0.15) is 28.8 Å². The number of anilines is 1. The molecule has 0 aromatic heterocycles. The summed E-state index contributed by atoms with van der Waals surface area (Å²) in [6.45, 7) is 7.38. The number of amides is 1. The Morgan fingerprint density at radius 1 is 0.967 bits per heavy atom. The molecule has 5 nitrogen and oxygen atoms in total. The third-order valence-corrected chi connectivity index (χ3v) is 6.40. The zero-order chi connectivity index (χ0) is 20.8. The van der Waals surface area contributed by atoms with Gasteiger partial charge in [0.2, 0.25) is 0 Å². The molecule has 1 atom stereocenters. The van der Waals surface area contributed by atoms with Crippen molar-refractivity contribution in [2.45, 2.75) is 25.3 Å². The van der Waals surface area contributed by atoms with Gasteiger partial charge in [0.15, 0.2) is 0 Å². The predicted octanol–water partition coefficient (Wildman–Crippen LogP) is 2.88. The Bertz CT molecular complexity index is 800. The summed E-state index contributed by atoms with van der Waals surface area (Å²) in [5.41, 5.74) is 3.35. The molecule has 2 aromatic rings. The second-order valence-corrected chi connectivity index (χ2v) is 8.69. The van der Waals surface area contributed by atoms with Crippen LogP contribution in [0.2, 0.25) is 0 Å². The number of piperidine rings is 1. The minimum Gasteiger partial charge on any atom is -0.369 e. The summed E-state index contributed by atoms with van der Waals surface area (Å²) in [5.74, 6) is 0.0508. The molecule has 0 spiro atoms. The molecule has 0 unspecified atom stereocenters. The highest BCUT2D eigenvalue weighted by molar-refractivity contribution is 5.94. The Hall–Kier alpha value is -2.37. The van der Waals surface area contributed by atoms with Crippen LogP contribution in [0.3, 0.4) is 0 Å². The molecule has 0 bridgehead atoms. The average molecular weight is 407 g/mol. The summed E-state index contributed by atoms with van der Waals surface area (Å²) in [4.78, 5) is 20.0. The molecule has 2 aliphatic rings. The summed E-state index contributed by atoms with van der Waals surface area (Å²) in [6, 6.07) is 19.0. The van der Waals surface area contributed by atoms with E-state index in [4.69, 9.17) is 0 Å². The van der Waals surface area contributed by atoms with Crippen molar-refractivity contribution in [2.24, 2.45) is 0 Å². The number of likely N-dealkylation sites (N-methyl/N-ethyl adjacent to an activating group) is 1. The van der Waals surface area contributed by atoms with Crippen molar-refractivity contribution in [3.05, 3.63) is 65.7 Å². The Morgan fingerprint density at radius 3 is 2.43 bits per heavy atom. The van der Waals surface area contributed by atoms with Gasteiger partial charge in [-0.25, -0.2) is 0 Å². The maximum Gasteiger partial charge on any atom is 0.251 e. The van der Waals surface area contributed by atoms with E-state index in [-0.39, 0.29) is 11.9 Å². The topological polar surface area (TPSA) is 38.8 Å². The zero-order valence-electron chi connectivity index (χ0n) is 18.1. The van der Waals surface area contributed by atoms with E-state index < -0.39 is 0 Å². The van der Waals surface area contributed by atoms with Crippen molar-refractivity contribution in [3.63, 3.8) is 0 Å². The molecule has 2 aromatic carbocycles. The predicted molar refractivity (Wildman–Crippen MR) is 123 cm³/mol. The first kappa shape index (κ1) is 20.9. The molecular formula is C25H34N4O. The smallest absolute Gasteiger partial charge is 0.251 e. The standard InChI is InChI=1S/C25H34N4O/c1-27-16-18-29(19-17-27)24-11-9-22(10-12-24)25(30)26-23-8-5-14-28(20-23)15-13-21-6-3-2-4-7-21/h2-4,6-7,9-12,23H,5,8,13-20H2,1H3,(H,26,30)/t23-/m1/s1. The third-order valence-electron chi connectivity index (χ3n) is 6.40. The number of hydrogen-bond acceptors (Lipinski definition) is 4. The van der Waals surface area contributed by atoms with Gasteiger partial charge in [-0.3, -0.25) is 4.79 Å². The molecule has 5 heteroatoms. The van der Waals surface area contributed by atoms with E-state index in [0.717, 1.165) is 70.6 Å². The second kappa shape index (κ2) is 10.1. The van der Waals surface area contributed by atoms with Crippen LogP contribution in [-0.2, 0) is 6.42 Å². The van der Waals surface area contributed by atoms with Gasteiger partial charge in [0, 0.05) is 56.6 Å². The van der Waals surface area contributed by atoms with E-state index in [9.17, 15) is 4.79 Å². The van der Waals surface area contributed by atoms with Crippen molar-refractivity contribution in [1.29, 1.82) is 0 Å². The van der Waals surface area contributed by atoms with Crippen molar-refractivity contribution >= 4 is 11.6 Å². The van der Waals surface area contributed by atoms with Gasteiger partial charge in [0.05, 0.1) is 0 Å². The number of nitrogens with zero attached hydrogens (tertiary/aromatic N) is 3. The van der Waals surface area contributed by atoms with Gasteiger partial charge in [-0.15, -0.1) is 0 Å². The first-order chi connectivity index (χ1) is 14.7. The number of carbonyl (C=O) groups is 1. The fourth-order valence-corrected chi connectivity index (χ4v) is 4.47. The van der Waals surface area contributed by atoms with E-state index in [0.29, 0.717) is 0 Å². The quantitative estimate of drug-likeness (QED) is 0.801. The van der Waals surface area contributed by atoms with Crippen LogP contribution in [-0.4, -0.2) is 74.6 Å². The van der Waals surface area contributed by atoms with Crippen LogP contribution in [0.5, 0.6) is 0 Å². The van der Waals surface area contributed by atoms with Crippen molar-refractivity contribution in [3.8, 4) is 0 Å². The molecule has 0 saturated carbocycles. The molecule has 1 N–H and O–H groups in total. The number of carbonyl (C=O) groups excluding carboxylic acids is 1. The second-order valence-electron chi connectivity index (χ2n) is 8.69. The molecule has 4 rings (SSSR count). The minimum atomic E-state index is 0.0508. The van der Waals surface area contributed by atoms with Gasteiger partial charge in [0.1, 0.15) is 0 Å². The zero-order valence-corrected chi connectivity index (χ0v) is 18.1. The molecule has 160 valence electrons. The number of hydrogen-bond donors (Lipinski definition) is 1. The highest BCUT2D eigenvalue weighted by atomic mass is 16.1. The number of piperazine rings is 1. The van der Waals surface area contributed by atoms with Crippen LogP contribution < -0.4 is 10.2 Å². The third kappa shape index (κ3) is 5.61. The first-order valence-electron chi connectivity index (χ1n) is 11.3. The summed E-state index contributed by atoms with van der Waals surface area (Å²) in [7, 11) is 2.17. The molecular weight excluding hydrogens is 372 g/mol. The monoisotopic (exact) mass is 406 g/mol. The summed E-state index contributed by atoms with van der Waals surface area (Å²) < 4.78 is 0. The lowest BCUT2D eigenvalue weighted by atomic mass is 10.0. The van der Waals surface area contributed by atoms with Crippen LogP contribution in [0.15, 0.2) is 54.6 Å². The Labute approximate surface area is 180 Å². The van der Waals surface area contributed by atoms with Crippen LogP contribution in [0, 0.1) is 0 Å². The van der Waals surface area contributed by atoms with E-state index in [1.807, 2.05) is 12.1 Å². The molecule has 30 heavy (non-hydrogen) atoms. The molecule has 2 heterocycles. The normalized spacial score (nSPS) is 20.8. The largest absolute Gasteiger partial charge is 0.369 e. The average Bonchev–Trinajstić information content (AvgIpc) is 2.79. The van der Waals surface area contributed by atoms with Crippen molar-refractivity contribution in [1.82, 2.24) is 15.1 Å². The number of nitrogens with one attached hydrogen (secondary N) is 1. The van der Waals surface area contributed by atoms with Crippen LogP contribution >= 0.6 is 0 Å². The van der Waals surface area contributed by atoms with E-state index >= 15 is 0 Å². The fourth-order valence-electron chi connectivity index (χ4n) is 4.47. The summed E-state index contributed by atoms with van der Waals surface area (Å²) in [6.07, 6.45) is 3.27. The van der Waals surface area contributed by atoms with E-state index in [2.05, 4.69) is 69.5 Å². The minimum absolute atomic E-state index is 0.0508. The molecule has 0 radical (unpaired) electrons. The molecule has 2 fully saturated rings. The lowest BCUT2D eigenvalue weighted by Crippen LogP contribution is -2.48. The van der Waals surface area contributed by atoms with Crippen LogP contribution in [0.4, 0.5) is 5.69 Å². The van der Waals surface area contributed by atoms with Gasteiger partial charge < -0.3 is 20.0 Å².